The van der Waals surface area contributed by atoms with Crippen molar-refractivity contribution in [3.8, 4) is 22.6 Å². The zero-order valence-electron chi connectivity index (χ0n) is 15.8. The van der Waals surface area contributed by atoms with Crippen LogP contribution < -0.4 is 5.32 Å². The van der Waals surface area contributed by atoms with E-state index in [1.54, 1.807) is 42.2 Å². The average Bonchev–Trinajstić information content (AvgIpc) is 3.52. The van der Waals surface area contributed by atoms with E-state index in [-0.39, 0.29) is 12.3 Å². The number of aromatic nitrogens is 5. The molecular weight excluding hydrogens is 408 g/mol. The molecule has 0 spiro atoms. The quantitative estimate of drug-likeness (QED) is 0.432. The van der Waals surface area contributed by atoms with E-state index in [9.17, 15) is 9.59 Å². The van der Waals surface area contributed by atoms with Gasteiger partial charge in [0.25, 0.3) is 0 Å². The van der Waals surface area contributed by atoms with E-state index >= 15 is 0 Å². The molecule has 10 nitrogen and oxygen atoms in total. The van der Waals surface area contributed by atoms with Crippen molar-refractivity contribution in [2.75, 3.05) is 12.4 Å². The summed E-state index contributed by atoms with van der Waals surface area (Å²) in [7, 11) is 1.31. The molecule has 4 aromatic rings. The Labute approximate surface area is 174 Å². The third-order valence-corrected chi connectivity index (χ3v) is 4.86. The molecule has 2 N–H and O–H groups in total. The molecule has 0 bridgehead atoms. The summed E-state index contributed by atoms with van der Waals surface area (Å²) in [6.45, 7) is 0. The Morgan fingerprint density at radius 3 is 2.87 bits per heavy atom. The van der Waals surface area contributed by atoms with Crippen LogP contribution in [-0.4, -0.2) is 44.1 Å². The summed E-state index contributed by atoms with van der Waals surface area (Å²) in [5, 5.41) is 8.91. The molecule has 0 aliphatic heterocycles. The number of thiazole rings is 1. The zero-order chi connectivity index (χ0) is 20.9. The van der Waals surface area contributed by atoms with Crippen LogP contribution in [0.5, 0.6) is 0 Å². The van der Waals surface area contributed by atoms with Gasteiger partial charge in [0.15, 0.2) is 5.13 Å². The van der Waals surface area contributed by atoms with Gasteiger partial charge in [0, 0.05) is 47.9 Å². The number of rotatable bonds is 7. The van der Waals surface area contributed by atoms with Crippen molar-refractivity contribution in [1.29, 1.82) is 0 Å². The van der Waals surface area contributed by atoms with Gasteiger partial charge in [-0.25, -0.2) is 9.78 Å². The summed E-state index contributed by atoms with van der Waals surface area (Å²) in [6, 6.07) is 5.20. The van der Waals surface area contributed by atoms with Crippen LogP contribution >= 0.6 is 11.3 Å². The van der Waals surface area contributed by atoms with Crippen LogP contribution in [0.25, 0.3) is 22.6 Å². The second kappa shape index (κ2) is 8.66. The maximum atomic E-state index is 12.2. The molecule has 152 valence electrons. The van der Waals surface area contributed by atoms with Gasteiger partial charge in [-0.1, -0.05) is 5.16 Å². The predicted octanol–water partition coefficient (Wildman–Crippen LogP) is 2.94. The molecule has 0 saturated heterocycles. The van der Waals surface area contributed by atoms with Crippen LogP contribution in [0.3, 0.4) is 0 Å². The van der Waals surface area contributed by atoms with E-state index in [1.165, 1.54) is 18.4 Å². The Morgan fingerprint density at radius 2 is 2.07 bits per heavy atom. The lowest BCUT2D eigenvalue weighted by atomic mass is 10.2. The summed E-state index contributed by atoms with van der Waals surface area (Å²) in [6.07, 6.45) is 5.42. The highest BCUT2D eigenvalue weighted by molar-refractivity contribution is 7.14. The molecule has 0 fully saturated rings. The number of H-pyrrole nitrogens is 1. The number of anilines is 1. The van der Waals surface area contributed by atoms with Crippen LogP contribution in [0.1, 0.15) is 22.8 Å². The van der Waals surface area contributed by atoms with Crippen LogP contribution in [-0.2, 0) is 16.0 Å². The van der Waals surface area contributed by atoms with E-state index in [1.807, 2.05) is 0 Å². The highest BCUT2D eigenvalue weighted by Crippen LogP contribution is 2.26. The normalized spacial score (nSPS) is 10.7. The fourth-order valence-electron chi connectivity index (χ4n) is 2.61. The Balaban J connectivity index is 1.32. The molecule has 30 heavy (non-hydrogen) atoms. The SMILES string of the molecule is COC(=O)c1cc(-c2csc(NC(=O)CCc3nc(-c4ccncc4)no3)n2)c[nH]1. The molecule has 0 radical (unpaired) electrons. The van der Waals surface area contributed by atoms with Gasteiger partial charge in [0.2, 0.25) is 17.6 Å². The topological polar surface area (TPSA) is 136 Å². The first kappa shape index (κ1) is 19.5. The molecule has 11 heteroatoms. The Kier molecular flexibility index (Phi) is 5.61. The van der Waals surface area contributed by atoms with Gasteiger partial charge in [-0.15, -0.1) is 11.3 Å². The van der Waals surface area contributed by atoms with E-state index in [0.29, 0.717) is 34.7 Å². The molecule has 4 rings (SSSR count). The fraction of sp³-hybridized carbons (Fsp3) is 0.158. The van der Waals surface area contributed by atoms with Gasteiger partial charge in [0.05, 0.1) is 12.8 Å². The number of nitrogens with zero attached hydrogens (tertiary/aromatic N) is 4. The molecule has 0 aliphatic carbocycles. The summed E-state index contributed by atoms with van der Waals surface area (Å²) in [5.41, 5.74) is 2.49. The lowest BCUT2D eigenvalue weighted by Crippen LogP contribution is -2.12. The van der Waals surface area contributed by atoms with E-state index < -0.39 is 5.97 Å². The largest absolute Gasteiger partial charge is 0.464 e. The second-order valence-corrected chi connectivity index (χ2v) is 6.99. The fourth-order valence-corrected chi connectivity index (χ4v) is 3.35. The number of amides is 1. The summed E-state index contributed by atoms with van der Waals surface area (Å²) in [4.78, 5) is 39.2. The highest BCUT2D eigenvalue weighted by Gasteiger charge is 2.14. The van der Waals surface area contributed by atoms with Crippen LogP contribution in [0.2, 0.25) is 0 Å². The number of hydrogen-bond donors (Lipinski definition) is 2. The molecule has 0 aromatic carbocycles. The molecule has 4 aromatic heterocycles. The van der Waals surface area contributed by atoms with Crippen LogP contribution in [0, 0.1) is 0 Å². The molecule has 0 atom stereocenters. The molecule has 0 unspecified atom stereocenters. The molecular formula is C19H16N6O4S. The monoisotopic (exact) mass is 424 g/mol. The minimum Gasteiger partial charge on any atom is -0.464 e. The van der Waals surface area contributed by atoms with Crippen molar-refractivity contribution in [3.63, 3.8) is 0 Å². The number of ether oxygens (including phenoxy) is 1. The molecule has 0 saturated carbocycles. The van der Waals surface area contributed by atoms with Crippen molar-refractivity contribution >= 4 is 28.3 Å². The first-order valence-electron chi connectivity index (χ1n) is 8.88. The summed E-state index contributed by atoms with van der Waals surface area (Å²) in [5.74, 6) is 0.150. The smallest absolute Gasteiger partial charge is 0.354 e. The van der Waals surface area contributed by atoms with Gasteiger partial charge < -0.3 is 19.6 Å². The standard InChI is InChI=1S/C19H16N6O4S/c1-28-18(27)13-8-12(9-21-13)14-10-30-19(22-14)23-15(26)2-3-16-24-17(25-29-16)11-4-6-20-7-5-11/h4-10,21H,2-3H2,1H3,(H,22,23,26). The van der Waals surface area contributed by atoms with Gasteiger partial charge in [-0.05, 0) is 18.2 Å². The van der Waals surface area contributed by atoms with Gasteiger partial charge in [0.1, 0.15) is 5.69 Å². The van der Waals surface area contributed by atoms with Crippen molar-refractivity contribution in [2.24, 2.45) is 0 Å². The highest BCUT2D eigenvalue weighted by atomic mass is 32.1. The van der Waals surface area contributed by atoms with Gasteiger partial charge in [-0.2, -0.15) is 4.98 Å². The second-order valence-electron chi connectivity index (χ2n) is 6.13. The first-order chi connectivity index (χ1) is 14.6. The van der Waals surface area contributed by atoms with Gasteiger partial charge >= 0.3 is 5.97 Å². The summed E-state index contributed by atoms with van der Waals surface area (Å²) >= 11 is 1.29. The maximum Gasteiger partial charge on any atom is 0.354 e. The number of hydrogen-bond acceptors (Lipinski definition) is 9. The van der Waals surface area contributed by atoms with Crippen molar-refractivity contribution in [2.45, 2.75) is 12.8 Å². The molecule has 1 amide bonds. The number of aromatic amines is 1. The Morgan fingerprint density at radius 1 is 1.23 bits per heavy atom. The predicted molar refractivity (Wildman–Crippen MR) is 108 cm³/mol. The van der Waals surface area contributed by atoms with Crippen LogP contribution in [0.4, 0.5) is 5.13 Å². The lowest BCUT2D eigenvalue weighted by Gasteiger charge is -1.99. The van der Waals surface area contributed by atoms with E-state index in [0.717, 1.165) is 11.1 Å². The molecule has 0 aliphatic rings. The molecule has 4 heterocycles. The first-order valence-corrected chi connectivity index (χ1v) is 9.76. The summed E-state index contributed by atoms with van der Waals surface area (Å²) < 4.78 is 9.86. The van der Waals surface area contributed by atoms with Gasteiger partial charge in [-0.3, -0.25) is 9.78 Å². The van der Waals surface area contributed by atoms with Crippen molar-refractivity contribution in [3.05, 3.63) is 53.8 Å². The number of nitrogens with one attached hydrogen (secondary N) is 2. The van der Waals surface area contributed by atoms with E-state index in [2.05, 4.69) is 35.1 Å². The van der Waals surface area contributed by atoms with Crippen molar-refractivity contribution in [1.82, 2.24) is 25.1 Å². The minimum absolute atomic E-state index is 0.170. The number of aryl methyl sites for hydroxylation is 1. The number of carbonyl (C=O) groups is 2. The number of carbonyl (C=O) groups excluding carboxylic acids is 2. The number of pyridine rings is 1. The average molecular weight is 424 g/mol. The Bertz CT molecular complexity index is 1170. The van der Waals surface area contributed by atoms with Crippen LogP contribution in [0.15, 0.2) is 46.7 Å². The Hall–Kier alpha value is -3.86. The number of esters is 1. The third-order valence-electron chi connectivity index (χ3n) is 4.11. The van der Waals surface area contributed by atoms with Crippen molar-refractivity contribution < 1.29 is 18.8 Å². The third kappa shape index (κ3) is 4.41. The lowest BCUT2D eigenvalue weighted by molar-refractivity contribution is -0.116. The minimum atomic E-state index is -0.460. The zero-order valence-corrected chi connectivity index (χ0v) is 16.6. The van der Waals surface area contributed by atoms with E-state index in [4.69, 9.17) is 4.52 Å². The number of methoxy groups -OCH3 is 1. The maximum absolute atomic E-state index is 12.2.